The molecule has 1 aromatic carbocycles. The monoisotopic (exact) mass is 265 g/mol. The molecule has 5 heteroatoms. The lowest BCUT2D eigenvalue weighted by molar-refractivity contribution is 0.425. The molecule has 0 radical (unpaired) electrons. The van der Waals surface area contributed by atoms with Crippen LogP contribution in [0.25, 0.3) is 0 Å². The third kappa shape index (κ3) is 2.35. The maximum Gasteiger partial charge on any atom is 0.222 e. The first-order valence-electron chi connectivity index (χ1n) is 5.69. The Morgan fingerprint density at radius 3 is 2.72 bits per heavy atom. The molecule has 0 amide bonds. The molecule has 0 aliphatic rings. The molecule has 4 nitrogen and oxygen atoms in total. The van der Waals surface area contributed by atoms with Crippen molar-refractivity contribution in [1.82, 2.24) is 9.78 Å². The van der Waals surface area contributed by atoms with Crippen molar-refractivity contribution in [3.63, 3.8) is 0 Å². The van der Waals surface area contributed by atoms with Gasteiger partial charge in [0, 0.05) is 18.6 Å². The summed E-state index contributed by atoms with van der Waals surface area (Å²) in [5.41, 5.74) is 8.50. The van der Waals surface area contributed by atoms with Gasteiger partial charge in [0.25, 0.3) is 0 Å². The molecule has 0 unspecified atom stereocenters. The molecule has 18 heavy (non-hydrogen) atoms. The molecule has 0 bridgehead atoms. The SMILES string of the molecule is Cc1cc(Oc2c(CN)c(C)nn2C)ccc1Cl. The van der Waals surface area contributed by atoms with E-state index in [1.165, 1.54) is 0 Å². The molecule has 2 rings (SSSR count). The number of nitrogens with two attached hydrogens (primary N) is 1. The van der Waals surface area contributed by atoms with E-state index in [0.717, 1.165) is 27.6 Å². The van der Waals surface area contributed by atoms with E-state index in [9.17, 15) is 0 Å². The van der Waals surface area contributed by atoms with E-state index in [1.807, 2.05) is 39.1 Å². The molecule has 2 N–H and O–H groups in total. The lowest BCUT2D eigenvalue weighted by Gasteiger charge is -2.09. The third-order valence-electron chi connectivity index (χ3n) is 2.84. The highest BCUT2D eigenvalue weighted by Crippen LogP contribution is 2.29. The molecule has 1 aromatic heterocycles. The van der Waals surface area contributed by atoms with Crippen molar-refractivity contribution in [3.8, 4) is 11.6 Å². The summed E-state index contributed by atoms with van der Waals surface area (Å²) < 4.78 is 7.55. The lowest BCUT2D eigenvalue weighted by atomic mass is 10.2. The highest BCUT2D eigenvalue weighted by Gasteiger charge is 2.14. The number of ether oxygens (including phenoxy) is 1. The number of aryl methyl sites for hydroxylation is 3. The minimum atomic E-state index is 0.404. The maximum absolute atomic E-state index is 5.98. The van der Waals surface area contributed by atoms with E-state index < -0.39 is 0 Å². The lowest BCUT2D eigenvalue weighted by Crippen LogP contribution is -2.01. The Labute approximate surface area is 111 Å². The zero-order chi connectivity index (χ0) is 13.3. The smallest absolute Gasteiger partial charge is 0.222 e. The molecule has 0 spiro atoms. The van der Waals surface area contributed by atoms with Crippen LogP contribution in [0.3, 0.4) is 0 Å². The number of rotatable bonds is 3. The van der Waals surface area contributed by atoms with Crippen LogP contribution in [0.2, 0.25) is 5.02 Å². The van der Waals surface area contributed by atoms with Gasteiger partial charge in [0.05, 0.1) is 11.3 Å². The van der Waals surface area contributed by atoms with Crippen LogP contribution >= 0.6 is 11.6 Å². The summed E-state index contributed by atoms with van der Waals surface area (Å²) in [5.74, 6) is 1.41. The van der Waals surface area contributed by atoms with Gasteiger partial charge in [0.2, 0.25) is 5.88 Å². The van der Waals surface area contributed by atoms with E-state index in [4.69, 9.17) is 22.1 Å². The van der Waals surface area contributed by atoms with Crippen molar-refractivity contribution >= 4 is 11.6 Å². The van der Waals surface area contributed by atoms with Gasteiger partial charge in [0.1, 0.15) is 5.75 Å². The summed E-state index contributed by atoms with van der Waals surface area (Å²) in [6, 6.07) is 5.54. The predicted molar refractivity (Wildman–Crippen MR) is 72.1 cm³/mol. The van der Waals surface area contributed by atoms with Gasteiger partial charge in [-0.1, -0.05) is 11.6 Å². The van der Waals surface area contributed by atoms with Gasteiger partial charge in [-0.05, 0) is 37.6 Å². The normalized spacial score (nSPS) is 10.7. The Hall–Kier alpha value is -1.52. The number of benzene rings is 1. The Morgan fingerprint density at radius 1 is 1.39 bits per heavy atom. The average Bonchev–Trinajstić information content (AvgIpc) is 2.58. The molecule has 0 aliphatic heterocycles. The van der Waals surface area contributed by atoms with Crippen LogP contribution in [0.1, 0.15) is 16.8 Å². The molecule has 96 valence electrons. The standard InChI is InChI=1S/C13H16ClN3O/c1-8-6-10(4-5-12(8)14)18-13-11(7-15)9(2)16-17(13)3/h4-6H,7,15H2,1-3H3. The molecule has 1 heterocycles. The van der Waals surface area contributed by atoms with Gasteiger partial charge >= 0.3 is 0 Å². The number of hydrogen-bond donors (Lipinski definition) is 1. The molecule has 0 atom stereocenters. The molecule has 2 aromatic rings. The van der Waals surface area contributed by atoms with Crippen LogP contribution in [0.4, 0.5) is 0 Å². The largest absolute Gasteiger partial charge is 0.439 e. The quantitative estimate of drug-likeness (QED) is 0.928. The van der Waals surface area contributed by atoms with E-state index in [1.54, 1.807) is 4.68 Å². The summed E-state index contributed by atoms with van der Waals surface area (Å²) in [5, 5.41) is 5.03. The van der Waals surface area contributed by atoms with Gasteiger partial charge in [0.15, 0.2) is 0 Å². The summed E-state index contributed by atoms with van der Waals surface area (Å²) in [6.45, 7) is 4.26. The van der Waals surface area contributed by atoms with Crippen LogP contribution in [-0.4, -0.2) is 9.78 Å². The van der Waals surface area contributed by atoms with Gasteiger partial charge < -0.3 is 10.5 Å². The van der Waals surface area contributed by atoms with Crippen LogP contribution in [-0.2, 0) is 13.6 Å². The van der Waals surface area contributed by atoms with Crippen molar-refractivity contribution in [3.05, 3.63) is 40.0 Å². The highest BCUT2D eigenvalue weighted by molar-refractivity contribution is 6.31. The molecular weight excluding hydrogens is 250 g/mol. The van der Waals surface area contributed by atoms with E-state index >= 15 is 0 Å². The van der Waals surface area contributed by atoms with Crippen LogP contribution < -0.4 is 10.5 Å². The Balaban J connectivity index is 2.36. The number of aromatic nitrogens is 2. The van der Waals surface area contributed by atoms with Crippen molar-refractivity contribution in [2.45, 2.75) is 20.4 Å². The van der Waals surface area contributed by atoms with Crippen LogP contribution in [0.15, 0.2) is 18.2 Å². The summed E-state index contributed by atoms with van der Waals surface area (Å²) in [4.78, 5) is 0. The molecule has 0 saturated carbocycles. The second-order valence-electron chi connectivity index (χ2n) is 4.21. The van der Waals surface area contributed by atoms with Crippen LogP contribution in [0.5, 0.6) is 11.6 Å². The maximum atomic E-state index is 5.98. The Bertz CT molecular complexity index is 578. The number of halogens is 1. The fourth-order valence-corrected chi connectivity index (χ4v) is 1.95. The van der Waals surface area contributed by atoms with Crippen molar-refractivity contribution in [2.24, 2.45) is 12.8 Å². The molecule has 0 aliphatic carbocycles. The van der Waals surface area contributed by atoms with Crippen molar-refractivity contribution in [2.75, 3.05) is 0 Å². The Morgan fingerprint density at radius 2 is 2.11 bits per heavy atom. The number of nitrogens with zero attached hydrogens (tertiary/aromatic N) is 2. The first kappa shape index (κ1) is 12.9. The predicted octanol–water partition coefficient (Wildman–Crippen LogP) is 2.94. The highest BCUT2D eigenvalue weighted by atomic mass is 35.5. The van der Waals surface area contributed by atoms with E-state index in [-0.39, 0.29) is 0 Å². The van der Waals surface area contributed by atoms with Crippen LogP contribution in [0, 0.1) is 13.8 Å². The molecule has 0 fully saturated rings. The third-order valence-corrected chi connectivity index (χ3v) is 3.26. The minimum absolute atomic E-state index is 0.404. The van der Waals surface area contributed by atoms with Crippen molar-refractivity contribution < 1.29 is 4.74 Å². The second-order valence-corrected chi connectivity index (χ2v) is 4.62. The first-order chi connectivity index (χ1) is 8.52. The Kier molecular flexibility index (Phi) is 3.59. The second kappa shape index (κ2) is 5.00. The molecular formula is C13H16ClN3O. The minimum Gasteiger partial charge on any atom is -0.439 e. The zero-order valence-corrected chi connectivity index (χ0v) is 11.5. The van der Waals surface area contributed by atoms with E-state index in [2.05, 4.69) is 5.10 Å². The summed E-state index contributed by atoms with van der Waals surface area (Å²) in [6.07, 6.45) is 0. The van der Waals surface area contributed by atoms with Gasteiger partial charge in [-0.3, -0.25) is 0 Å². The number of hydrogen-bond acceptors (Lipinski definition) is 3. The van der Waals surface area contributed by atoms with Crippen molar-refractivity contribution in [1.29, 1.82) is 0 Å². The van der Waals surface area contributed by atoms with Gasteiger partial charge in [-0.25, -0.2) is 4.68 Å². The van der Waals surface area contributed by atoms with Gasteiger partial charge in [-0.15, -0.1) is 0 Å². The summed E-state index contributed by atoms with van der Waals surface area (Å²) in [7, 11) is 1.84. The fraction of sp³-hybridized carbons (Fsp3) is 0.308. The van der Waals surface area contributed by atoms with E-state index in [0.29, 0.717) is 12.4 Å². The topological polar surface area (TPSA) is 53.1 Å². The fourth-order valence-electron chi connectivity index (χ4n) is 1.84. The zero-order valence-electron chi connectivity index (χ0n) is 10.7. The summed E-state index contributed by atoms with van der Waals surface area (Å²) >= 11 is 5.98. The molecule has 0 saturated heterocycles. The average molecular weight is 266 g/mol. The van der Waals surface area contributed by atoms with Gasteiger partial charge in [-0.2, -0.15) is 5.10 Å². The first-order valence-corrected chi connectivity index (χ1v) is 6.07.